The number of anilines is 6. The average molecular weight is 1570 g/mol. The molecular formula is C118H80N4. The summed E-state index contributed by atoms with van der Waals surface area (Å²) in [6, 6.07) is 129. The zero-order valence-corrected chi connectivity index (χ0v) is 65.8. The number of rotatable bonds is 15. The molecule has 0 unspecified atom stereocenters. The Kier molecular flexibility index (Phi) is 14.9. The summed E-state index contributed by atoms with van der Waals surface area (Å²) in [5, 5.41) is 13.5. The Morgan fingerprint density at radius 2 is 0.566 bits per heavy atom. The summed E-state index contributed by atoms with van der Waals surface area (Å²) in [7, 11) is 0. The van der Waals surface area contributed by atoms with Crippen LogP contribution in [0.5, 0.6) is 0 Å². The van der Waals surface area contributed by atoms with E-state index in [-0.39, 0.29) is 52.0 Å². The summed E-state index contributed by atoms with van der Waals surface area (Å²) in [5.74, 6) is 0. The van der Waals surface area contributed by atoms with Crippen molar-refractivity contribution in [2.45, 2.75) is 0 Å². The van der Waals surface area contributed by atoms with Gasteiger partial charge in [-0.1, -0.05) is 351 Å². The lowest BCUT2D eigenvalue weighted by atomic mass is 9.97. The van der Waals surface area contributed by atoms with Crippen LogP contribution in [0.15, 0.2) is 485 Å². The molecule has 0 aliphatic heterocycles. The van der Waals surface area contributed by atoms with Gasteiger partial charge in [0.05, 0.1) is 42.6 Å². The number of hydrogen-bond acceptors (Lipinski definition) is 2. The van der Waals surface area contributed by atoms with Crippen LogP contribution in [0, 0.1) is 0 Å². The van der Waals surface area contributed by atoms with Crippen molar-refractivity contribution in [3.63, 3.8) is 0 Å². The molecule has 4 nitrogen and oxygen atoms in total. The van der Waals surface area contributed by atoms with Gasteiger partial charge in [0.2, 0.25) is 0 Å². The standard InChI is InChI=1S/C62H42N2.C56H38N2/c1-4-14-43(15-5-1)47-26-31-54(32-27-47)63(57-40-52(44-16-6-2-7-17-44)39-53(41-57)45-18-8-3-9-19-45)56-35-37-61-60(42-56)59-36-30-49-21-12-13-23-58(49)62(59)64(61)55-33-28-48(29-34-55)51-25-24-46-20-10-11-22-50(46)38-51;1-4-15-39(16-5-1)44-35-45(40-17-6-2-7-18-40)37-49(36-44)57(46-22-8-3-9-23-46)48-32-34-54-53(38-48)56-52-25-13-11-20-42(52)29-33-55(56)58(54)47-30-27-43(28-31-47)51-26-14-21-41-19-10-12-24-50(41)51/h1-42H;1-38H/i1D,4D,5D,14D,15D;1D,2D,4D,5D,6D,7D,15D,16D,17D,18D. The second-order valence-corrected chi connectivity index (χ2v) is 30.4. The monoisotopic (exact) mass is 1570 g/mol. The third kappa shape index (κ3) is 13.5. The highest BCUT2D eigenvalue weighted by Crippen LogP contribution is 2.48. The highest BCUT2D eigenvalue weighted by Gasteiger charge is 2.24. The zero-order chi connectivity index (χ0) is 93.9. The molecule has 2 heterocycles. The minimum atomic E-state index is -0.544. The van der Waals surface area contributed by atoms with E-state index in [1.807, 2.05) is 89.8 Å². The number of benzene rings is 21. The molecule has 0 saturated heterocycles. The maximum Gasteiger partial charge on any atom is 0.0629 e. The summed E-state index contributed by atoms with van der Waals surface area (Å²) < 4.78 is 134. The van der Waals surface area contributed by atoms with E-state index in [2.05, 4.69) is 305 Å². The van der Waals surface area contributed by atoms with Crippen molar-refractivity contribution >= 4 is 121 Å². The first-order chi connectivity index (χ1) is 66.7. The van der Waals surface area contributed by atoms with Gasteiger partial charge in [-0.2, -0.15) is 0 Å². The van der Waals surface area contributed by atoms with E-state index >= 15 is 0 Å². The molecule has 0 fully saturated rings. The summed E-state index contributed by atoms with van der Waals surface area (Å²) >= 11 is 0. The number of nitrogens with zero attached hydrogens (tertiary/aromatic N) is 4. The lowest BCUT2D eigenvalue weighted by molar-refractivity contribution is 1.18. The molecule has 4 heteroatoms. The third-order valence-corrected chi connectivity index (χ3v) is 23.3. The molecule has 0 N–H and O–H groups in total. The van der Waals surface area contributed by atoms with Gasteiger partial charge in [-0.15, -0.1) is 0 Å². The average Bonchev–Trinajstić information content (AvgIpc) is 1.57. The Morgan fingerprint density at radius 3 is 1.16 bits per heavy atom. The van der Waals surface area contributed by atoms with E-state index in [0.29, 0.717) is 16.9 Å². The highest BCUT2D eigenvalue weighted by molar-refractivity contribution is 6.23. The van der Waals surface area contributed by atoms with Crippen molar-refractivity contribution in [2.75, 3.05) is 9.80 Å². The fourth-order valence-corrected chi connectivity index (χ4v) is 17.6. The van der Waals surface area contributed by atoms with Crippen LogP contribution >= 0.6 is 0 Å². The van der Waals surface area contributed by atoms with Crippen LogP contribution in [0.3, 0.4) is 0 Å². The minimum absolute atomic E-state index is 0.0871. The van der Waals surface area contributed by atoms with Crippen molar-refractivity contribution in [3.8, 4) is 89.3 Å². The van der Waals surface area contributed by atoms with E-state index in [9.17, 15) is 0 Å². The molecule has 0 atom stereocenters. The fourth-order valence-electron chi connectivity index (χ4n) is 17.6. The van der Waals surface area contributed by atoms with Gasteiger partial charge in [0, 0.05) is 72.4 Å². The van der Waals surface area contributed by atoms with Gasteiger partial charge in [-0.3, -0.25) is 0 Å². The maximum atomic E-state index is 8.98. The van der Waals surface area contributed by atoms with Crippen LogP contribution in [0.1, 0.15) is 20.6 Å². The Labute approximate surface area is 730 Å². The maximum absolute atomic E-state index is 8.98. The Hall–Kier alpha value is -16.1. The largest absolute Gasteiger partial charge is 0.310 e. The lowest BCUT2D eigenvalue weighted by Gasteiger charge is -2.27. The van der Waals surface area contributed by atoms with Crippen molar-refractivity contribution in [1.29, 1.82) is 0 Å². The lowest BCUT2D eigenvalue weighted by Crippen LogP contribution is -2.10. The van der Waals surface area contributed by atoms with Gasteiger partial charge in [0.1, 0.15) is 0 Å². The summed E-state index contributed by atoms with van der Waals surface area (Å²) in [4.78, 5) is 4.23. The van der Waals surface area contributed by atoms with Crippen LogP contribution in [0.4, 0.5) is 34.1 Å². The molecule has 0 aliphatic carbocycles. The topological polar surface area (TPSA) is 16.3 Å². The second-order valence-electron chi connectivity index (χ2n) is 30.4. The highest BCUT2D eigenvalue weighted by atomic mass is 15.2. The normalized spacial score (nSPS) is 13.2. The predicted molar refractivity (Wildman–Crippen MR) is 519 cm³/mol. The molecule has 0 aliphatic rings. The molecule has 0 spiro atoms. The van der Waals surface area contributed by atoms with Gasteiger partial charge in [-0.05, 0) is 249 Å². The Bertz CT molecular complexity index is 8600. The smallest absolute Gasteiger partial charge is 0.0629 e. The summed E-state index contributed by atoms with van der Waals surface area (Å²) in [6.07, 6.45) is 0. The number of aromatic nitrogens is 2. The van der Waals surface area contributed by atoms with Crippen LogP contribution in [-0.2, 0) is 0 Å². The molecule has 122 heavy (non-hydrogen) atoms. The number of para-hydroxylation sites is 1. The fraction of sp³-hybridized carbons (Fsp3) is 0. The molecular weight excluding hydrogens is 1470 g/mol. The molecule has 0 saturated carbocycles. The first-order valence-corrected chi connectivity index (χ1v) is 40.7. The van der Waals surface area contributed by atoms with Crippen molar-refractivity contribution < 1.29 is 20.6 Å². The van der Waals surface area contributed by atoms with Crippen molar-refractivity contribution in [3.05, 3.63) is 485 Å². The number of fused-ring (bicyclic) bond motifs is 12. The van der Waals surface area contributed by atoms with Crippen LogP contribution < -0.4 is 9.80 Å². The quantitative estimate of drug-likeness (QED) is 0.102. The Balaban J connectivity index is 0.000000158. The predicted octanol–water partition coefficient (Wildman–Crippen LogP) is 32.8. The SMILES string of the molecule is [2H]c1c([2H])c([2H])c(-c2cc(-c3c([2H])c([2H])c([2H])c([2H])c3[2H])cc(N(c3ccccc3)c3ccc4c(c3)c3c5ccccc5ccc3n4-c3ccc(-c4cccc5ccccc45)cc3)c2)c([2H])c1[2H].[2H]c1c([2H])c([2H])c(-c2ccc(N(c3cc(-c4ccccc4)cc(-c4ccccc4)c3)c3ccc4c(c3)c3ccc5ccccc5c3n4-c3ccc(-c4ccc5ccccc5c4)cc3)cc2)c([2H])c1[2H]. The van der Waals surface area contributed by atoms with Gasteiger partial charge in [0.25, 0.3) is 0 Å². The van der Waals surface area contributed by atoms with E-state index in [4.69, 9.17) is 20.6 Å². The van der Waals surface area contributed by atoms with Crippen LogP contribution in [0.25, 0.3) is 176 Å². The van der Waals surface area contributed by atoms with E-state index in [0.717, 1.165) is 138 Å². The third-order valence-electron chi connectivity index (χ3n) is 23.3. The molecule has 21 aromatic carbocycles. The van der Waals surface area contributed by atoms with Gasteiger partial charge in [0.15, 0.2) is 0 Å². The molecule has 23 rings (SSSR count). The summed E-state index contributed by atoms with van der Waals surface area (Å²) in [6.45, 7) is 0. The van der Waals surface area contributed by atoms with E-state index in [1.165, 1.54) is 33.2 Å². The molecule has 572 valence electrons. The van der Waals surface area contributed by atoms with Gasteiger partial charge in [-0.25, -0.2) is 0 Å². The summed E-state index contributed by atoms with van der Waals surface area (Å²) in [5.41, 5.74) is 20.6. The minimum Gasteiger partial charge on any atom is -0.310 e. The first-order valence-electron chi connectivity index (χ1n) is 48.2. The zero-order valence-electron chi connectivity index (χ0n) is 80.8. The molecule has 0 amide bonds. The molecule has 23 aromatic rings. The van der Waals surface area contributed by atoms with E-state index in [1.54, 1.807) is 12.1 Å². The molecule has 0 radical (unpaired) electrons. The molecule has 2 aromatic heterocycles. The Morgan fingerprint density at radius 1 is 0.180 bits per heavy atom. The van der Waals surface area contributed by atoms with Gasteiger partial charge >= 0.3 is 0 Å². The second kappa shape index (κ2) is 31.4. The van der Waals surface area contributed by atoms with Crippen molar-refractivity contribution in [2.24, 2.45) is 0 Å². The van der Waals surface area contributed by atoms with Crippen molar-refractivity contribution in [1.82, 2.24) is 9.13 Å². The van der Waals surface area contributed by atoms with Gasteiger partial charge < -0.3 is 18.9 Å². The van der Waals surface area contributed by atoms with E-state index < -0.39 is 66.5 Å². The van der Waals surface area contributed by atoms with Crippen LogP contribution in [0.2, 0.25) is 0 Å². The van der Waals surface area contributed by atoms with Crippen LogP contribution in [-0.4, -0.2) is 9.13 Å². The number of hydrogen-bond donors (Lipinski definition) is 0. The first kappa shape index (κ1) is 57.8. The molecule has 0 bridgehead atoms.